The lowest BCUT2D eigenvalue weighted by molar-refractivity contribution is 0.0827. The molecule has 1 saturated heterocycles. The third-order valence-electron chi connectivity index (χ3n) is 6.92. The predicted molar refractivity (Wildman–Crippen MR) is 143 cm³/mol. The summed E-state index contributed by atoms with van der Waals surface area (Å²) in [4.78, 5) is 16.3. The molecule has 186 valence electrons. The maximum Gasteiger partial charge on any atom is 0.253 e. The lowest BCUT2D eigenvalue weighted by Crippen LogP contribution is -2.39. The summed E-state index contributed by atoms with van der Waals surface area (Å²) >= 11 is 0. The van der Waals surface area contributed by atoms with Gasteiger partial charge in [-0.3, -0.25) is 4.79 Å². The van der Waals surface area contributed by atoms with Crippen molar-refractivity contribution in [1.29, 1.82) is 0 Å². The van der Waals surface area contributed by atoms with Crippen LogP contribution in [0, 0.1) is 5.82 Å². The molecule has 5 rings (SSSR count). The molecular formula is C29H31FN4O2. The van der Waals surface area contributed by atoms with Gasteiger partial charge in [-0.25, -0.2) is 4.39 Å². The third kappa shape index (κ3) is 4.42. The minimum atomic E-state index is -0.413. The molecule has 4 aromatic rings. The van der Waals surface area contributed by atoms with Crippen LogP contribution < -0.4 is 15.4 Å². The van der Waals surface area contributed by atoms with Crippen molar-refractivity contribution in [2.24, 2.45) is 5.73 Å². The Labute approximate surface area is 210 Å². The van der Waals surface area contributed by atoms with E-state index >= 15 is 0 Å². The summed E-state index contributed by atoms with van der Waals surface area (Å²) in [5.74, 6) is -0.259. The molecule has 0 radical (unpaired) electrons. The van der Waals surface area contributed by atoms with E-state index in [2.05, 4.69) is 33.7 Å². The Morgan fingerprint density at radius 1 is 0.972 bits per heavy atom. The van der Waals surface area contributed by atoms with Crippen LogP contribution in [0.15, 0.2) is 66.7 Å². The van der Waals surface area contributed by atoms with E-state index in [0.717, 1.165) is 59.5 Å². The number of methoxy groups -OCH3 is 1. The fraction of sp³-hybridized carbons (Fsp3) is 0.276. The Bertz CT molecular complexity index is 1400. The molecule has 0 spiro atoms. The monoisotopic (exact) mass is 486 g/mol. The number of hydrogen-bond acceptors (Lipinski definition) is 4. The first-order valence-electron chi connectivity index (χ1n) is 12.2. The zero-order valence-electron chi connectivity index (χ0n) is 20.9. The lowest BCUT2D eigenvalue weighted by atomic mass is 10.1. The van der Waals surface area contributed by atoms with Crippen molar-refractivity contribution in [3.63, 3.8) is 0 Å². The molecule has 7 heteroatoms. The number of halogens is 1. The maximum absolute atomic E-state index is 14.7. The highest BCUT2D eigenvalue weighted by molar-refractivity contribution is 5.95. The molecule has 1 aromatic heterocycles. The van der Waals surface area contributed by atoms with Gasteiger partial charge in [0.25, 0.3) is 5.91 Å². The summed E-state index contributed by atoms with van der Waals surface area (Å²) in [5, 5.41) is 1.06. The zero-order valence-corrected chi connectivity index (χ0v) is 20.9. The van der Waals surface area contributed by atoms with Gasteiger partial charge in [-0.15, -0.1) is 0 Å². The number of hydrogen-bond donors (Lipinski definition) is 1. The molecule has 1 aliphatic heterocycles. The molecule has 1 amide bonds. The Hall–Kier alpha value is -3.84. The van der Waals surface area contributed by atoms with Crippen LogP contribution >= 0.6 is 0 Å². The van der Waals surface area contributed by atoms with Crippen LogP contribution in [0.3, 0.4) is 0 Å². The van der Waals surface area contributed by atoms with Crippen LogP contribution in [-0.4, -0.2) is 55.7 Å². The van der Waals surface area contributed by atoms with E-state index in [9.17, 15) is 9.18 Å². The number of anilines is 1. The standard InChI is InChI=1S/C29H31FN4O2/c1-32(2)29(35)19-4-7-23(8-5-19)34-26-10-9-24(33-14-12-22(31)13-15-33)16-21(26)18-27(34)20-6-11-28(36-3)25(30)17-20/h4-11,16-18,22H,12-15,31H2,1-3H3. The van der Waals surface area contributed by atoms with E-state index in [-0.39, 0.29) is 17.7 Å². The molecule has 0 bridgehead atoms. The second-order valence-electron chi connectivity index (χ2n) is 9.53. The fourth-order valence-corrected chi connectivity index (χ4v) is 4.88. The molecule has 0 atom stereocenters. The average Bonchev–Trinajstić information content (AvgIpc) is 3.27. The first-order chi connectivity index (χ1) is 17.4. The number of benzene rings is 3. The second kappa shape index (κ2) is 9.66. The van der Waals surface area contributed by atoms with Gasteiger partial charge in [-0.05, 0) is 79.6 Å². The van der Waals surface area contributed by atoms with Crippen LogP contribution in [0.4, 0.5) is 10.1 Å². The quantitative estimate of drug-likeness (QED) is 0.428. The van der Waals surface area contributed by atoms with Crippen LogP contribution in [0.25, 0.3) is 27.8 Å². The van der Waals surface area contributed by atoms with Gasteiger partial charge in [0.1, 0.15) is 0 Å². The van der Waals surface area contributed by atoms with Crippen molar-refractivity contribution in [2.75, 3.05) is 39.2 Å². The highest BCUT2D eigenvalue weighted by Crippen LogP contribution is 2.35. The van der Waals surface area contributed by atoms with Gasteiger partial charge in [0.05, 0.1) is 18.3 Å². The Kier molecular flexibility index (Phi) is 6.41. The van der Waals surface area contributed by atoms with Gasteiger partial charge in [0.15, 0.2) is 11.6 Å². The number of aromatic nitrogens is 1. The van der Waals surface area contributed by atoms with E-state index < -0.39 is 5.82 Å². The molecule has 2 heterocycles. The Morgan fingerprint density at radius 2 is 1.67 bits per heavy atom. The largest absolute Gasteiger partial charge is 0.494 e. The zero-order chi connectivity index (χ0) is 25.4. The van der Waals surface area contributed by atoms with Crippen molar-refractivity contribution in [3.05, 3.63) is 78.1 Å². The van der Waals surface area contributed by atoms with E-state index in [1.165, 1.54) is 13.2 Å². The maximum atomic E-state index is 14.7. The first kappa shape index (κ1) is 23.9. The van der Waals surface area contributed by atoms with Gasteiger partial charge in [-0.1, -0.05) is 0 Å². The molecule has 6 nitrogen and oxygen atoms in total. The molecular weight excluding hydrogens is 455 g/mol. The smallest absolute Gasteiger partial charge is 0.253 e. The molecule has 1 aliphatic rings. The number of carbonyl (C=O) groups excluding carboxylic acids is 1. The Balaban J connectivity index is 1.63. The van der Waals surface area contributed by atoms with E-state index in [1.807, 2.05) is 30.3 Å². The van der Waals surface area contributed by atoms with Gasteiger partial charge in [0, 0.05) is 61.1 Å². The summed E-state index contributed by atoms with van der Waals surface area (Å²) in [6, 6.07) is 21.3. The SMILES string of the molecule is COc1ccc(-c2cc3cc(N4CCC(N)CC4)ccc3n2-c2ccc(C(=O)N(C)C)cc2)cc1F. The van der Waals surface area contributed by atoms with Crippen LogP contribution in [0.5, 0.6) is 5.75 Å². The number of nitrogens with zero attached hydrogens (tertiary/aromatic N) is 3. The van der Waals surface area contributed by atoms with Crippen molar-refractivity contribution in [3.8, 4) is 22.7 Å². The van der Waals surface area contributed by atoms with Crippen LogP contribution in [0.2, 0.25) is 0 Å². The van der Waals surface area contributed by atoms with E-state index in [4.69, 9.17) is 10.5 Å². The fourth-order valence-electron chi connectivity index (χ4n) is 4.88. The number of nitrogens with two attached hydrogens (primary N) is 1. The summed E-state index contributed by atoms with van der Waals surface area (Å²) in [6.45, 7) is 1.87. The van der Waals surface area contributed by atoms with E-state index in [0.29, 0.717) is 5.56 Å². The molecule has 2 N–H and O–H groups in total. The molecule has 3 aromatic carbocycles. The number of amides is 1. The highest BCUT2D eigenvalue weighted by atomic mass is 19.1. The molecule has 0 saturated carbocycles. The molecule has 36 heavy (non-hydrogen) atoms. The number of fused-ring (bicyclic) bond motifs is 1. The van der Waals surface area contributed by atoms with E-state index in [1.54, 1.807) is 25.1 Å². The molecule has 0 aliphatic carbocycles. The van der Waals surface area contributed by atoms with Gasteiger partial charge in [0.2, 0.25) is 0 Å². The van der Waals surface area contributed by atoms with Crippen molar-refractivity contribution in [1.82, 2.24) is 9.47 Å². The first-order valence-corrected chi connectivity index (χ1v) is 12.2. The van der Waals surface area contributed by atoms with Crippen molar-refractivity contribution >= 4 is 22.5 Å². The number of rotatable bonds is 5. The van der Waals surface area contributed by atoms with Gasteiger partial charge >= 0.3 is 0 Å². The number of piperidine rings is 1. The minimum absolute atomic E-state index is 0.0535. The highest BCUT2D eigenvalue weighted by Gasteiger charge is 2.19. The number of carbonyl (C=O) groups is 1. The predicted octanol–water partition coefficient (Wildman–Crippen LogP) is 5.07. The average molecular weight is 487 g/mol. The van der Waals surface area contributed by atoms with Gasteiger partial charge in [-0.2, -0.15) is 0 Å². The number of ether oxygens (including phenoxy) is 1. The summed E-state index contributed by atoms with van der Waals surface area (Å²) in [6.07, 6.45) is 1.96. The van der Waals surface area contributed by atoms with Crippen molar-refractivity contribution in [2.45, 2.75) is 18.9 Å². The van der Waals surface area contributed by atoms with Crippen LogP contribution in [-0.2, 0) is 0 Å². The second-order valence-corrected chi connectivity index (χ2v) is 9.53. The van der Waals surface area contributed by atoms with Crippen molar-refractivity contribution < 1.29 is 13.9 Å². The Morgan fingerprint density at radius 3 is 2.31 bits per heavy atom. The minimum Gasteiger partial charge on any atom is -0.494 e. The topological polar surface area (TPSA) is 63.7 Å². The third-order valence-corrected chi connectivity index (χ3v) is 6.92. The lowest BCUT2D eigenvalue weighted by Gasteiger charge is -2.32. The van der Waals surface area contributed by atoms with Crippen LogP contribution in [0.1, 0.15) is 23.2 Å². The summed E-state index contributed by atoms with van der Waals surface area (Å²) < 4.78 is 21.9. The molecule has 1 fully saturated rings. The summed E-state index contributed by atoms with van der Waals surface area (Å²) in [7, 11) is 4.93. The normalized spacial score (nSPS) is 14.3. The molecule has 0 unspecified atom stereocenters. The summed E-state index contributed by atoms with van der Waals surface area (Å²) in [5.41, 5.74) is 11.4. The van der Waals surface area contributed by atoms with Gasteiger partial charge < -0.3 is 24.8 Å².